The molecule has 0 radical (unpaired) electrons. The highest BCUT2D eigenvalue weighted by Gasteiger charge is 2.37. The highest BCUT2D eigenvalue weighted by Crippen LogP contribution is 2.36. The maximum Gasteiger partial charge on any atom is 0.247 e. The van der Waals surface area contributed by atoms with E-state index in [1.54, 1.807) is 23.0 Å². The molecule has 1 aliphatic heterocycles. The average molecular weight is 350 g/mol. The second-order valence-electron chi connectivity index (χ2n) is 6.65. The van der Waals surface area contributed by atoms with Gasteiger partial charge in [-0.25, -0.2) is 8.42 Å². The van der Waals surface area contributed by atoms with Gasteiger partial charge in [-0.05, 0) is 38.8 Å². The van der Waals surface area contributed by atoms with Crippen LogP contribution in [0.3, 0.4) is 0 Å². The molecule has 24 heavy (non-hydrogen) atoms. The molecule has 1 aliphatic rings. The average Bonchev–Trinajstić information content (AvgIpc) is 2.93. The van der Waals surface area contributed by atoms with Crippen LogP contribution in [0.1, 0.15) is 48.8 Å². The topological polar surface area (TPSA) is 60.1 Å². The van der Waals surface area contributed by atoms with Crippen molar-refractivity contribution in [3.63, 3.8) is 0 Å². The van der Waals surface area contributed by atoms with Crippen molar-refractivity contribution in [1.82, 2.24) is 18.7 Å². The Morgan fingerprint density at radius 1 is 1.17 bits per heavy atom. The van der Waals surface area contributed by atoms with Gasteiger partial charge >= 0.3 is 0 Å². The van der Waals surface area contributed by atoms with E-state index >= 15 is 0 Å². The number of aryl methyl sites for hydroxylation is 3. The molecule has 3 heterocycles. The first-order valence-electron chi connectivity index (χ1n) is 8.47. The van der Waals surface area contributed by atoms with Gasteiger partial charge in [0.05, 0.1) is 17.4 Å². The van der Waals surface area contributed by atoms with Crippen LogP contribution in [-0.2, 0) is 24.1 Å². The van der Waals surface area contributed by atoms with Crippen LogP contribution in [0.25, 0.3) is 0 Å². The molecule has 0 spiro atoms. The molecule has 7 heteroatoms. The molecule has 0 N–H and O–H groups in total. The molecule has 1 atom stereocenters. The molecule has 0 amide bonds. The Bertz CT molecular complexity index is 835. The Morgan fingerprint density at radius 3 is 2.50 bits per heavy atom. The fraction of sp³-hybridized carbons (Fsp3) is 0.588. The number of sulfonamides is 1. The molecule has 6 nitrogen and oxygen atoms in total. The third-order valence-corrected chi connectivity index (χ3v) is 7.20. The van der Waals surface area contributed by atoms with Crippen LogP contribution in [-0.4, -0.2) is 33.6 Å². The predicted molar refractivity (Wildman–Crippen MR) is 93.2 cm³/mol. The highest BCUT2D eigenvalue weighted by atomic mass is 32.2. The number of hydrogen-bond acceptors (Lipinski definition) is 3. The zero-order valence-corrected chi connectivity index (χ0v) is 15.7. The standard InChI is InChI=1S/C17H26N4O2S/c1-13-17(14(2)20(4)18-13)24(22,23)21-12-7-5-6-9-16(21)15-10-8-11-19(15)3/h8,10-11,16H,5-7,9,12H2,1-4H3/t16-/m0/s1. The second-order valence-corrected chi connectivity index (χ2v) is 8.48. The van der Waals surface area contributed by atoms with E-state index in [2.05, 4.69) is 5.10 Å². The number of nitrogens with zero attached hydrogens (tertiary/aromatic N) is 4. The van der Waals surface area contributed by atoms with Gasteiger partial charge < -0.3 is 4.57 Å². The molecule has 0 bridgehead atoms. The molecule has 0 saturated carbocycles. The first-order valence-corrected chi connectivity index (χ1v) is 9.91. The number of aromatic nitrogens is 3. The first kappa shape index (κ1) is 17.2. The minimum atomic E-state index is -3.58. The van der Waals surface area contributed by atoms with Crippen molar-refractivity contribution >= 4 is 10.0 Å². The number of hydrogen-bond donors (Lipinski definition) is 0. The van der Waals surface area contributed by atoms with E-state index in [0.717, 1.165) is 31.4 Å². The van der Waals surface area contributed by atoms with Crippen molar-refractivity contribution in [2.45, 2.75) is 50.5 Å². The van der Waals surface area contributed by atoms with Crippen LogP contribution in [0.2, 0.25) is 0 Å². The molecule has 2 aromatic rings. The molecular formula is C17H26N4O2S. The summed E-state index contributed by atoms with van der Waals surface area (Å²) in [7, 11) is 0.187. The molecule has 0 aliphatic carbocycles. The monoisotopic (exact) mass is 350 g/mol. The number of rotatable bonds is 3. The van der Waals surface area contributed by atoms with E-state index in [1.165, 1.54) is 0 Å². The van der Waals surface area contributed by atoms with Crippen LogP contribution >= 0.6 is 0 Å². The van der Waals surface area contributed by atoms with Gasteiger partial charge in [0.2, 0.25) is 10.0 Å². The van der Waals surface area contributed by atoms with Gasteiger partial charge in [-0.15, -0.1) is 0 Å². The summed E-state index contributed by atoms with van der Waals surface area (Å²) < 4.78 is 32.3. The molecule has 1 fully saturated rings. The molecule has 3 rings (SSSR count). The van der Waals surface area contributed by atoms with Crippen LogP contribution in [0.4, 0.5) is 0 Å². The summed E-state index contributed by atoms with van der Waals surface area (Å²) in [6.45, 7) is 4.16. The summed E-state index contributed by atoms with van der Waals surface area (Å²) in [6, 6.07) is 3.89. The molecule has 0 aromatic carbocycles. The lowest BCUT2D eigenvalue weighted by Crippen LogP contribution is -2.36. The van der Waals surface area contributed by atoms with Crippen molar-refractivity contribution in [3.05, 3.63) is 35.4 Å². The fourth-order valence-electron chi connectivity index (χ4n) is 3.73. The largest absolute Gasteiger partial charge is 0.353 e. The predicted octanol–water partition coefficient (Wildman–Crippen LogP) is 2.68. The summed E-state index contributed by atoms with van der Waals surface area (Å²) in [5.74, 6) is 0. The minimum Gasteiger partial charge on any atom is -0.353 e. The summed E-state index contributed by atoms with van der Waals surface area (Å²) in [5, 5.41) is 4.31. The summed E-state index contributed by atoms with van der Waals surface area (Å²) >= 11 is 0. The lowest BCUT2D eigenvalue weighted by Gasteiger charge is -2.29. The van der Waals surface area contributed by atoms with E-state index < -0.39 is 10.0 Å². The Kier molecular flexibility index (Phi) is 4.57. The fourth-order valence-corrected chi connectivity index (χ4v) is 5.80. The maximum atomic E-state index is 13.5. The van der Waals surface area contributed by atoms with Gasteiger partial charge in [-0.3, -0.25) is 4.68 Å². The first-order chi connectivity index (χ1) is 11.3. The SMILES string of the molecule is Cc1nn(C)c(C)c1S(=O)(=O)N1CCCCC[C@H]1c1cccn1C. The van der Waals surface area contributed by atoms with E-state index in [1.807, 2.05) is 36.9 Å². The Labute approximate surface area is 144 Å². The zero-order chi connectivity index (χ0) is 17.5. The van der Waals surface area contributed by atoms with Gasteiger partial charge in [0.25, 0.3) is 0 Å². The highest BCUT2D eigenvalue weighted by molar-refractivity contribution is 7.89. The Hall–Kier alpha value is -1.60. The molecular weight excluding hydrogens is 324 g/mol. The third kappa shape index (κ3) is 2.80. The van der Waals surface area contributed by atoms with Crippen molar-refractivity contribution in [2.75, 3.05) is 6.54 Å². The Morgan fingerprint density at radius 2 is 1.92 bits per heavy atom. The summed E-state index contributed by atoms with van der Waals surface area (Å²) in [4.78, 5) is 0.367. The second kappa shape index (κ2) is 6.37. The van der Waals surface area contributed by atoms with Crippen molar-refractivity contribution in [3.8, 4) is 0 Å². The van der Waals surface area contributed by atoms with Crippen LogP contribution < -0.4 is 0 Å². The smallest absolute Gasteiger partial charge is 0.247 e. The molecule has 132 valence electrons. The maximum absolute atomic E-state index is 13.5. The summed E-state index contributed by atoms with van der Waals surface area (Å²) in [5.41, 5.74) is 2.33. The van der Waals surface area contributed by atoms with Crippen LogP contribution in [0.5, 0.6) is 0 Å². The van der Waals surface area contributed by atoms with E-state index in [-0.39, 0.29) is 6.04 Å². The minimum absolute atomic E-state index is 0.114. The quantitative estimate of drug-likeness (QED) is 0.855. The third-order valence-electron chi connectivity index (χ3n) is 5.04. The normalized spacial score (nSPS) is 20.2. The zero-order valence-electron chi connectivity index (χ0n) is 14.9. The summed E-state index contributed by atoms with van der Waals surface area (Å²) in [6.07, 6.45) is 5.85. The van der Waals surface area contributed by atoms with Gasteiger partial charge in [0, 0.05) is 32.5 Å². The van der Waals surface area contributed by atoms with E-state index in [4.69, 9.17) is 0 Å². The van der Waals surface area contributed by atoms with Crippen LogP contribution in [0, 0.1) is 13.8 Å². The van der Waals surface area contributed by atoms with E-state index in [0.29, 0.717) is 22.8 Å². The lowest BCUT2D eigenvalue weighted by atomic mass is 10.1. The van der Waals surface area contributed by atoms with Gasteiger partial charge in [0.1, 0.15) is 4.90 Å². The lowest BCUT2D eigenvalue weighted by molar-refractivity contribution is 0.318. The molecule has 0 unspecified atom stereocenters. The van der Waals surface area contributed by atoms with Crippen molar-refractivity contribution in [2.24, 2.45) is 14.1 Å². The molecule has 2 aromatic heterocycles. The van der Waals surface area contributed by atoms with Crippen molar-refractivity contribution < 1.29 is 8.42 Å². The van der Waals surface area contributed by atoms with Gasteiger partial charge in [-0.1, -0.05) is 12.8 Å². The van der Waals surface area contributed by atoms with Crippen molar-refractivity contribution in [1.29, 1.82) is 0 Å². The van der Waals surface area contributed by atoms with Gasteiger partial charge in [0.15, 0.2) is 0 Å². The van der Waals surface area contributed by atoms with Gasteiger partial charge in [-0.2, -0.15) is 9.40 Å². The molecule has 1 saturated heterocycles. The van der Waals surface area contributed by atoms with E-state index in [9.17, 15) is 8.42 Å². The van der Waals surface area contributed by atoms with Crippen LogP contribution in [0.15, 0.2) is 23.2 Å². The Balaban J connectivity index is 2.10.